The van der Waals surface area contributed by atoms with Gasteiger partial charge in [-0.3, -0.25) is 4.99 Å². The molecule has 0 bridgehead atoms. The zero-order valence-corrected chi connectivity index (χ0v) is 9.00. The highest BCUT2D eigenvalue weighted by Crippen LogP contribution is 2.27. The maximum Gasteiger partial charge on any atom is 0.237 e. The van der Waals surface area contributed by atoms with Crippen molar-refractivity contribution < 1.29 is 4.74 Å². The molecule has 0 aliphatic rings. The molecule has 1 aromatic rings. The molecular weight excluding hydrogens is 234 g/mol. The van der Waals surface area contributed by atoms with Gasteiger partial charge in [-0.2, -0.15) is 0 Å². The normalized spacial score (nSPS) is 10.7. The highest BCUT2D eigenvalue weighted by atomic mass is 79.9. The Balaban J connectivity index is 3.29. The Hall–Kier alpha value is -1.10. The summed E-state index contributed by atoms with van der Waals surface area (Å²) in [4.78, 5) is 7.87. The predicted octanol–water partition coefficient (Wildman–Crippen LogP) is 1.48. The number of rotatable bonds is 2. The van der Waals surface area contributed by atoms with E-state index in [2.05, 4.69) is 25.9 Å². The minimum absolute atomic E-state index is 0.415. The van der Waals surface area contributed by atoms with Gasteiger partial charge in [0.25, 0.3) is 0 Å². The van der Waals surface area contributed by atoms with Gasteiger partial charge in [0.05, 0.1) is 7.11 Å². The van der Waals surface area contributed by atoms with Crippen molar-refractivity contribution in [3.63, 3.8) is 0 Å². The van der Waals surface area contributed by atoms with Crippen molar-refractivity contribution in [3.05, 3.63) is 16.2 Å². The van der Waals surface area contributed by atoms with Crippen molar-refractivity contribution in [2.45, 2.75) is 0 Å². The number of nitrogens with two attached hydrogens (primary N) is 1. The smallest absolute Gasteiger partial charge is 0.237 e. The summed E-state index contributed by atoms with van der Waals surface area (Å²) in [6.45, 7) is 0. The fourth-order valence-electron chi connectivity index (χ4n) is 0.921. The van der Waals surface area contributed by atoms with Gasteiger partial charge in [-0.25, -0.2) is 4.98 Å². The molecule has 13 heavy (non-hydrogen) atoms. The van der Waals surface area contributed by atoms with E-state index in [0.29, 0.717) is 11.6 Å². The number of ether oxygens (including phenoxy) is 1. The van der Waals surface area contributed by atoms with E-state index in [1.807, 2.05) is 0 Å². The molecule has 0 saturated carbocycles. The van der Waals surface area contributed by atoms with Crippen molar-refractivity contribution in [1.82, 2.24) is 4.98 Å². The number of nitrogen functional groups attached to an aromatic ring is 1. The zero-order chi connectivity index (χ0) is 9.84. The molecular formula is C8H10BrN3O. The van der Waals surface area contributed by atoms with Crippen molar-refractivity contribution in [3.8, 4) is 5.88 Å². The first-order valence-corrected chi connectivity index (χ1v) is 4.40. The van der Waals surface area contributed by atoms with E-state index >= 15 is 0 Å². The molecule has 1 aromatic heterocycles. The van der Waals surface area contributed by atoms with Crippen molar-refractivity contribution >= 4 is 27.8 Å². The summed E-state index contributed by atoms with van der Waals surface area (Å²) < 4.78 is 5.77. The lowest BCUT2D eigenvalue weighted by Crippen LogP contribution is -2.00. The van der Waals surface area contributed by atoms with Crippen LogP contribution in [0.15, 0.2) is 15.7 Å². The minimum atomic E-state index is 0.415. The van der Waals surface area contributed by atoms with E-state index in [-0.39, 0.29) is 0 Å². The molecule has 1 rings (SSSR count). The Kier molecular flexibility index (Phi) is 3.25. The van der Waals surface area contributed by atoms with E-state index in [9.17, 15) is 0 Å². The van der Waals surface area contributed by atoms with Gasteiger partial charge < -0.3 is 10.5 Å². The van der Waals surface area contributed by atoms with Crippen LogP contribution in [0.25, 0.3) is 0 Å². The Morgan fingerprint density at radius 3 is 2.92 bits per heavy atom. The first kappa shape index (κ1) is 9.98. The molecule has 4 nitrogen and oxygen atoms in total. The number of nitrogens with zero attached hydrogens (tertiary/aromatic N) is 2. The summed E-state index contributed by atoms with van der Waals surface area (Å²) >= 11 is 3.32. The Morgan fingerprint density at radius 2 is 2.38 bits per heavy atom. The van der Waals surface area contributed by atoms with Gasteiger partial charge in [0.2, 0.25) is 5.88 Å². The first-order chi connectivity index (χ1) is 6.20. The van der Waals surface area contributed by atoms with Gasteiger partial charge in [-0.1, -0.05) is 0 Å². The summed E-state index contributed by atoms with van der Waals surface area (Å²) in [6.07, 6.45) is 3.29. The number of hydrogen-bond donors (Lipinski definition) is 1. The molecule has 2 N–H and O–H groups in total. The third-order valence-electron chi connectivity index (χ3n) is 1.52. The van der Waals surface area contributed by atoms with E-state index in [0.717, 1.165) is 10.0 Å². The molecule has 0 aliphatic carbocycles. The van der Waals surface area contributed by atoms with Gasteiger partial charge in [-0.15, -0.1) is 0 Å². The maximum absolute atomic E-state index is 5.77. The number of hydrogen-bond acceptors (Lipinski definition) is 4. The SMILES string of the molecule is CN=Cc1c(Br)cnc(OC)c1N. The van der Waals surface area contributed by atoms with Crippen LogP contribution in [-0.2, 0) is 0 Å². The lowest BCUT2D eigenvalue weighted by atomic mass is 10.2. The summed E-state index contributed by atoms with van der Waals surface area (Å²) in [5.74, 6) is 0.415. The highest BCUT2D eigenvalue weighted by Gasteiger charge is 2.08. The summed E-state index contributed by atoms with van der Waals surface area (Å²) in [7, 11) is 3.21. The zero-order valence-electron chi connectivity index (χ0n) is 7.41. The monoisotopic (exact) mass is 243 g/mol. The molecule has 0 radical (unpaired) electrons. The molecule has 70 valence electrons. The van der Waals surface area contributed by atoms with E-state index in [1.54, 1.807) is 19.5 Å². The Bertz CT molecular complexity index is 338. The fourth-order valence-corrected chi connectivity index (χ4v) is 1.34. The van der Waals surface area contributed by atoms with Gasteiger partial charge in [-0.05, 0) is 15.9 Å². The average Bonchev–Trinajstić information content (AvgIpc) is 2.12. The van der Waals surface area contributed by atoms with Crippen molar-refractivity contribution in [2.24, 2.45) is 4.99 Å². The van der Waals surface area contributed by atoms with Gasteiger partial charge in [0, 0.05) is 29.5 Å². The largest absolute Gasteiger partial charge is 0.480 e. The number of methoxy groups -OCH3 is 1. The fraction of sp³-hybridized carbons (Fsp3) is 0.250. The number of halogens is 1. The molecule has 0 spiro atoms. The second-order valence-electron chi connectivity index (χ2n) is 2.33. The number of anilines is 1. The topological polar surface area (TPSA) is 60.5 Å². The minimum Gasteiger partial charge on any atom is -0.480 e. The average molecular weight is 244 g/mol. The van der Waals surface area contributed by atoms with Crippen LogP contribution >= 0.6 is 15.9 Å². The molecule has 1 heterocycles. The van der Waals surface area contributed by atoms with Gasteiger partial charge in [0.15, 0.2) is 0 Å². The van der Waals surface area contributed by atoms with Crippen LogP contribution in [0.5, 0.6) is 5.88 Å². The van der Waals surface area contributed by atoms with Gasteiger partial charge >= 0.3 is 0 Å². The lowest BCUT2D eigenvalue weighted by molar-refractivity contribution is 0.400. The number of pyridine rings is 1. The number of aromatic nitrogens is 1. The molecule has 0 amide bonds. The van der Waals surface area contributed by atoms with Gasteiger partial charge in [0.1, 0.15) is 5.69 Å². The third kappa shape index (κ3) is 1.98. The standard InChI is InChI=1S/C8H10BrN3O/c1-11-3-5-6(9)4-12-8(13-2)7(5)10/h3-4H,10H2,1-2H3. The molecule has 0 atom stereocenters. The molecule has 5 heteroatoms. The van der Waals surface area contributed by atoms with Crippen LogP contribution < -0.4 is 10.5 Å². The molecule has 0 unspecified atom stereocenters. The second kappa shape index (κ2) is 4.23. The van der Waals surface area contributed by atoms with E-state index in [4.69, 9.17) is 10.5 Å². The summed E-state index contributed by atoms with van der Waals surface area (Å²) in [6, 6.07) is 0. The van der Waals surface area contributed by atoms with Crippen LogP contribution in [0.4, 0.5) is 5.69 Å². The van der Waals surface area contributed by atoms with Crippen molar-refractivity contribution in [2.75, 3.05) is 19.9 Å². The summed E-state index contributed by atoms with van der Waals surface area (Å²) in [5.41, 5.74) is 7.05. The van der Waals surface area contributed by atoms with Crippen LogP contribution in [0.2, 0.25) is 0 Å². The predicted molar refractivity (Wildman–Crippen MR) is 56.4 cm³/mol. The molecule has 0 aliphatic heterocycles. The van der Waals surface area contributed by atoms with Crippen LogP contribution in [0.3, 0.4) is 0 Å². The second-order valence-corrected chi connectivity index (χ2v) is 3.18. The lowest BCUT2D eigenvalue weighted by Gasteiger charge is -2.06. The molecule has 0 aromatic carbocycles. The first-order valence-electron chi connectivity index (χ1n) is 3.60. The Labute approximate surface area is 85.0 Å². The van der Waals surface area contributed by atoms with Crippen LogP contribution in [-0.4, -0.2) is 25.4 Å². The van der Waals surface area contributed by atoms with Crippen LogP contribution in [0.1, 0.15) is 5.56 Å². The quantitative estimate of drug-likeness (QED) is 0.801. The molecule has 0 fully saturated rings. The van der Waals surface area contributed by atoms with E-state index in [1.165, 1.54) is 7.11 Å². The van der Waals surface area contributed by atoms with Crippen molar-refractivity contribution in [1.29, 1.82) is 0 Å². The highest BCUT2D eigenvalue weighted by molar-refractivity contribution is 9.10. The molecule has 0 saturated heterocycles. The summed E-state index contributed by atoms with van der Waals surface area (Å²) in [5, 5.41) is 0. The Morgan fingerprint density at radius 1 is 1.69 bits per heavy atom. The maximum atomic E-state index is 5.77. The number of aliphatic imine (C=N–C) groups is 1. The van der Waals surface area contributed by atoms with Crippen LogP contribution in [0, 0.1) is 0 Å². The third-order valence-corrected chi connectivity index (χ3v) is 2.16. The van der Waals surface area contributed by atoms with E-state index < -0.39 is 0 Å².